The van der Waals surface area contributed by atoms with E-state index in [4.69, 9.17) is 9.15 Å². The SMILES string of the molecule is CCOC(=O)CCNC(C)C(=O)NCc1ccco1. The van der Waals surface area contributed by atoms with Crippen LogP contribution in [0.15, 0.2) is 22.8 Å². The first-order valence-corrected chi connectivity index (χ1v) is 6.32. The van der Waals surface area contributed by atoms with Crippen molar-refractivity contribution >= 4 is 11.9 Å². The number of hydrogen-bond donors (Lipinski definition) is 2. The van der Waals surface area contributed by atoms with E-state index in [0.717, 1.165) is 0 Å². The lowest BCUT2D eigenvalue weighted by atomic mass is 10.3. The van der Waals surface area contributed by atoms with Crippen LogP contribution in [-0.2, 0) is 20.9 Å². The molecule has 0 aliphatic rings. The van der Waals surface area contributed by atoms with Crippen molar-refractivity contribution in [2.75, 3.05) is 13.2 Å². The molecule has 0 bridgehead atoms. The van der Waals surface area contributed by atoms with Crippen LogP contribution in [0.25, 0.3) is 0 Å². The molecule has 0 spiro atoms. The van der Waals surface area contributed by atoms with Gasteiger partial charge >= 0.3 is 5.97 Å². The summed E-state index contributed by atoms with van der Waals surface area (Å²) in [6, 6.07) is 3.19. The molecule has 0 aromatic carbocycles. The Morgan fingerprint density at radius 1 is 1.47 bits per heavy atom. The van der Waals surface area contributed by atoms with Crippen LogP contribution in [0.2, 0.25) is 0 Å². The third kappa shape index (κ3) is 6.05. The maximum atomic E-state index is 11.7. The predicted octanol–water partition coefficient (Wildman–Crippen LogP) is 0.827. The molecule has 0 radical (unpaired) electrons. The Labute approximate surface area is 112 Å². The van der Waals surface area contributed by atoms with E-state index in [1.807, 2.05) is 0 Å². The summed E-state index contributed by atoms with van der Waals surface area (Å²) < 4.78 is 9.90. The highest BCUT2D eigenvalue weighted by molar-refractivity contribution is 5.81. The summed E-state index contributed by atoms with van der Waals surface area (Å²) in [5, 5.41) is 5.70. The molecule has 1 aromatic rings. The van der Waals surface area contributed by atoms with Crippen molar-refractivity contribution in [2.45, 2.75) is 32.9 Å². The van der Waals surface area contributed by atoms with Gasteiger partial charge in [-0.15, -0.1) is 0 Å². The first kappa shape index (κ1) is 15.2. The molecular formula is C13H20N2O4. The molecule has 1 aromatic heterocycles. The van der Waals surface area contributed by atoms with Gasteiger partial charge in [-0.25, -0.2) is 0 Å². The molecule has 0 aliphatic heterocycles. The zero-order valence-corrected chi connectivity index (χ0v) is 11.3. The van der Waals surface area contributed by atoms with Crippen molar-refractivity contribution in [2.24, 2.45) is 0 Å². The molecular weight excluding hydrogens is 248 g/mol. The van der Waals surface area contributed by atoms with Gasteiger partial charge in [-0.2, -0.15) is 0 Å². The summed E-state index contributed by atoms with van der Waals surface area (Å²) in [6.45, 7) is 4.64. The number of rotatable bonds is 8. The van der Waals surface area contributed by atoms with E-state index in [1.165, 1.54) is 0 Å². The van der Waals surface area contributed by atoms with Gasteiger partial charge in [-0.1, -0.05) is 0 Å². The number of carbonyl (C=O) groups is 2. The summed E-state index contributed by atoms with van der Waals surface area (Å²) in [7, 11) is 0. The molecule has 0 fully saturated rings. The van der Waals surface area contributed by atoms with Crippen LogP contribution >= 0.6 is 0 Å². The number of hydrogen-bond acceptors (Lipinski definition) is 5. The van der Waals surface area contributed by atoms with Gasteiger partial charge in [0.2, 0.25) is 5.91 Å². The topological polar surface area (TPSA) is 80.6 Å². The molecule has 2 N–H and O–H groups in total. The second-order valence-electron chi connectivity index (χ2n) is 4.03. The van der Waals surface area contributed by atoms with Crippen LogP contribution in [0.3, 0.4) is 0 Å². The standard InChI is InChI=1S/C13H20N2O4/c1-3-18-12(16)6-7-14-10(2)13(17)15-9-11-5-4-8-19-11/h4-5,8,10,14H,3,6-7,9H2,1-2H3,(H,15,17). The first-order chi connectivity index (χ1) is 9.13. The zero-order valence-electron chi connectivity index (χ0n) is 11.3. The van der Waals surface area contributed by atoms with Crippen LogP contribution in [0.5, 0.6) is 0 Å². The van der Waals surface area contributed by atoms with Gasteiger partial charge in [-0.05, 0) is 26.0 Å². The van der Waals surface area contributed by atoms with E-state index in [2.05, 4.69) is 10.6 Å². The zero-order chi connectivity index (χ0) is 14.1. The summed E-state index contributed by atoms with van der Waals surface area (Å²) in [6.07, 6.45) is 1.81. The highest BCUT2D eigenvalue weighted by atomic mass is 16.5. The minimum absolute atomic E-state index is 0.139. The molecule has 0 saturated carbocycles. The maximum Gasteiger partial charge on any atom is 0.307 e. The second-order valence-corrected chi connectivity index (χ2v) is 4.03. The van der Waals surface area contributed by atoms with Gasteiger partial charge in [-0.3, -0.25) is 9.59 Å². The van der Waals surface area contributed by atoms with Crippen LogP contribution in [0, 0.1) is 0 Å². The lowest BCUT2D eigenvalue weighted by molar-refractivity contribution is -0.143. The van der Waals surface area contributed by atoms with Crippen LogP contribution in [-0.4, -0.2) is 31.1 Å². The summed E-state index contributed by atoms with van der Waals surface area (Å²) in [4.78, 5) is 22.8. The first-order valence-electron chi connectivity index (χ1n) is 6.32. The van der Waals surface area contributed by atoms with E-state index in [-0.39, 0.29) is 24.3 Å². The molecule has 19 heavy (non-hydrogen) atoms. The number of carbonyl (C=O) groups excluding carboxylic acids is 2. The van der Waals surface area contributed by atoms with Gasteiger partial charge in [0.15, 0.2) is 0 Å². The normalized spacial score (nSPS) is 11.9. The fraction of sp³-hybridized carbons (Fsp3) is 0.538. The van der Waals surface area contributed by atoms with E-state index in [1.54, 1.807) is 32.2 Å². The third-order valence-electron chi connectivity index (χ3n) is 2.50. The van der Waals surface area contributed by atoms with Crippen molar-refractivity contribution in [3.8, 4) is 0 Å². The third-order valence-corrected chi connectivity index (χ3v) is 2.50. The van der Waals surface area contributed by atoms with Crippen molar-refractivity contribution in [1.29, 1.82) is 0 Å². The molecule has 0 aliphatic carbocycles. The summed E-state index contributed by atoms with van der Waals surface area (Å²) in [5.74, 6) is 0.297. The molecule has 6 heteroatoms. The van der Waals surface area contributed by atoms with E-state index in [0.29, 0.717) is 25.5 Å². The Hall–Kier alpha value is -1.82. The van der Waals surface area contributed by atoms with Crippen molar-refractivity contribution in [3.63, 3.8) is 0 Å². The Kier molecular flexibility index (Phi) is 6.67. The largest absolute Gasteiger partial charge is 0.467 e. The molecule has 6 nitrogen and oxygen atoms in total. The molecule has 1 rings (SSSR count). The summed E-state index contributed by atoms with van der Waals surface area (Å²) in [5.41, 5.74) is 0. The highest BCUT2D eigenvalue weighted by Gasteiger charge is 2.12. The quantitative estimate of drug-likeness (QED) is 0.682. The molecule has 1 amide bonds. The van der Waals surface area contributed by atoms with Crippen LogP contribution in [0.1, 0.15) is 26.0 Å². The Morgan fingerprint density at radius 2 is 2.26 bits per heavy atom. The summed E-state index contributed by atoms with van der Waals surface area (Å²) >= 11 is 0. The Balaban J connectivity index is 2.16. The van der Waals surface area contributed by atoms with Crippen molar-refractivity contribution in [3.05, 3.63) is 24.2 Å². The van der Waals surface area contributed by atoms with E-state index in [9.17, 15) is 9.59 Å². The van der Waals surface area contributed by atoms with Crippen LogP contribution in [0.4, 0.5) is 0 Å². The number of nitrogens with one attached hydrogen (secondary N) is 2. The van der Waals surface area contributed by atoms with Crippen molar-refractivity contribution in [1.82, 2.24) is 10.6 Å². The Morgan fingerprint density at radius 3 is 2.89 bits per heavy atom. The van der Waals surface area contributed by atoms with Gasteiger partial charge in [0.05, 0.1) is 31.9 Å². The number of ether oxygens (including phenoxy) is 1. The number of esters is 1. The Bertz CT molecular complexity index is 389. The minimum Gasteiger partial charge on any atom is -0.467 e. The lowest BCUT2D eigenvalue weighted by Gasteiger charge is -2.13. The van der Waals surface area contributed by atoms with Crippen molar-refractivity contribution < 1.29 is 18.7 Å². The fourth-order valence-corrected chi connectivity index (χ4v) is 1.46. The van der Waals surface area contributed by atoms with Gasteiger partial charge < -0.3 is 19.8 Å². The van der Waals surface area contributed by atoms with Gasteiger partial charge in [0, 0.05) is 6.54 Å². The second kappa shape index (κ2) is 8.31. The molecule has 106 valence electrons. The molecule has 1 heterocycles. The number of furan rings is 1. The monoisotopic (exact) mass is 268 g/mol. The average Bonchev–Trinajstić information content (AvgIpc) is 2.89. The van der Waals surface area contributed by atoms with E-state index < -0.39 is 0 Å². The highest BCUT2D eigenvalue weighted by Crippen LogP contribution is 1.98. The van der Waals surface area contributed by atoms with Gasteiger partial charge in [0.1, 0.15) is 5.76 Å². The lowest BCUT2D eigenvalue weighted by Crippen LogP contribution is -2.42. The fourth-order valence-electron chi connectivity index (χ4n) is 1.46. The molecule has 1 unspecified atom stereocenters. The number of amides is 1. The maximum absolute atomic E-state index is 11.7. The molecule has 1 atom stereocenters. The molecule has 0 saturated heterocycles. The minimum atomic E-state index is -0.371. The average molecular weight is 268 g/mol. The van der Waals surface area contributed by atoms with E-state index >= 15 is 0 Å². The smallest absolute Gasteiger partial charge is 0.307 e. The van der Waals surface area contributed by atoms with Gasteiger partial charge in [0.25, 0.3) is 0 Å². The van der Waals surface area contributed by atoms with Crippen LogP contribution < -0.4 is 10.6 Å². The predicted molar refractivity (Wildman–Crippen MR) is 69.3 cm³/mol.